The predicted octanol–water partition coefficient (Wildman–Crippen LogP) is 6.46. The van der Waals surface area contributed by atoms with E-state index in [1.165, 1.54) is 96.3 Å². The van der Waals surface area contributed by atoms with Crippen molar-refractivity contribution in [1.82, 2.24) is 5.32 Å². The second kappa shape index (κ2) is 8.56. The van der Waals surface area contributed by atoms with Crippen LogP contribution in [0.3, 0.4) is 0 Å². The maximum Gasteiger partial charge on any atom is 0.0101 e. The summed E-state index contributed by atoms with van der Waals surface area (Å²) in [4.78, 5) is 0. The maximum atomic E-state index is 4.26. The van der Waals surface area contributed by atoms with E-state index in [1.54, 1.807) is 12.8 Å². The molecule has 0 radical (unpaired) electrons. The Morgan fingerprint density at radius 3 is 1.17 bits per heavy atom. The lowest BCUT2D eigenvalue weighted by atomic mass is 9.67. The van der Waals surface area contributed by atoms with Crippen LogP contribution in [0.25, 0.3) is 0 Å². The largest absolute Gasteiger partial charge is 0.311 e. The van der Waals surface area contributed by atoms with Crippen molar-refractivity contribution in [1.29, 1.82) is 0 Å². The molecule has 3 aliphatic carbocycles. The van der Waals surface area contributed by atoms with Gasteiger partial charge in [0.25, 0.3) is 0 Å². The normalized spacial score (nSPS) is 38.2. The Morgan fingerprint density at radius 1 is 0.375 bits per heavy atom. The summed E-state index contributed by atoms with van der Waals surface area (Å²) >= 11 is 0. The molecule has 1 nitrogen and oxygen atoms in total. The smallest absolute Gasteiger partial charge is 0.0101 e. The molecule has 0 unspecified atom stereocenters. The van der Waals surface area contributed by atoms with Crippen LogP contribution in [0, 0.1) is 23.7 Å². The van der Waals surface area contributed by atoms with Gasteiger partial charge in [-0.15, -0.1) is 0 Å². The molecular weight excluding hydrogens is 290 g/mol. The van der Waals surface area contributed by atoms with Crippen LogP contribution < -0.4 is 5.32 Å². The summed E-state index contributed by atoms with van der Waals surface area (Å²) in [5.41, 5.74) is 0. The van der Waals surface area contributed by atoms with Crippen LogP contribution >= 0.6 is 0 Å². The minimum atomic E-state index is 0.873. The number of piperidine rings is 1. The fourth-order valence-corrected chi connectivity index (χ4v) is 6.88. The highest BCUT2D eigenvalue weighted by Crippen LogP contribution is 2.43. The van der Waals surface area contributed by atoms with Gasteiger partial charge in [-0.25, -0.2) is 0 Å². The first-order chi connectivity index (χ1) is 11.9. The maximum absolute atomic E-state index is 4.26. The van der Waals surface area contributed by atoms with Gasteiger partial charge in [-0.2, -0.15) is 0 Å². The molecule has 1 heterocycles. The van der Waals surface area contributed by atoms with Gasteiger partial charge in [0.2, 0.25) is 0 Å². The van der Waals surface area contributed by atoms with Crippen molar-refractivity contribution in [3.05, 3.63) is 0 Å². The van der Waals surface area contributed by atoms with E-state index in [1.807, 2.05) is 0 Å². The van der Waals surface area contributed by atoms with Gasteiger partial charge >= 0.3 is 0 Å². The monoisotopic (exact) mass is 331 g/mol. The highest BCUT2D eigenvalue weighted by atomic mass is 15.0. The van der Waals surface area contributed by atoms with Gasteiger partial charge in [-0.1, -0.05) is 70.6 Å². The Labute approximate surface area is 150 Å². The van der Waals surface area contributed by atoms with Crippen molar-refractivity contribution >= 4 is 0 Å². The van der Waals surface area contributed by atoms with E-state index in [0.717, 1.165) is 35.8 Å². The summed E-state index contributed by atoms with van der Waals surface area (Å²) in [7, 11) is 0. The van der Waals surface area contributed by atoms with Crippen LogP contribution in [0.1, 0.15) is 109 Å². The fourth-order valence-electron chi connectivity index (χ4n) is 6.88. The first kappa shape index (κ1) is 17.4. The Balaban J connectivity index is 1.44. The number of nitrogens with one attached hydrogen (secondary N) is 1. The molecule has 1 aliphatic heterocycles. The third kappa shape index (κ3) is 4.19. The van der Waals surface area contributed by atoms with Crippen LogP contribution in [0.5, 0.6) is 0 Å². The minimum Gasteiger partial charge on any atom is -0.311 e. The summed E-state index contributed by atoms with van der Waals surface area (Å²) < 4.78 is 0. The lowest BCUT2D eigenvalue weighted by molar-refractivity contribution is 0.0822. The summed E-state index contributed by atoms with van der Waals surface area (Å²) in [5.74, 6) is 4.16. The van der Waals surface area contributed by atoms with Crippen LogP contribution in [-0.2, 0) is 0 Å². The molecule has 0 amide bonds. The SMILES string of the molecule is C1CCC(C2C[C@H](C3CCCCC3)N[C@@H](C3CCCCC3)C2)CC1. The Bertz CT molecular complexity index is 297. The molecule has 4 fully saturated rings. The second-order valence-corrected chi connectivity index (χ2v) is 9.81. The van der Waals surface area contributed by atoms with Gasteiger partial charge in [0.1, 0.15) is 0 Å². The molecule has 0 aromatic carbocycles. The summed E-state index contributed by atoms with van der Waals surface area (Å²) in [6, 6.07) is 1.75. The van der Waals surface area contributed by atoms with Gasteiger partial charge in [0.05, 0.1) is 0 Å². The van der Waals surface area contributed by atoms with Crippen LogP contribution in [0.15, 0.2) is 0 Å². The molecule has 1 N–H and O–H groups in total. The molecule has 0 aromatic rings. The average molecular weight is 332 g/mol. The molecule has 4 aliphatic rings. The van der Waals surface area contributed by atoms with E-state index < -0.39 is 0 Å². The Kier molecular flexibility index (Phi) is 6.20. The predicted molar refractivity (Wildman–Crippen MR) is 103 cm³/mol. The van der Waals surface area contributed by atoms with Crippen LogP contribution in [0.2, 0.25) is 0 Å². The minimum absolute atomic E-state index is 0.873. The standard InChI is InChI=1S/C23H41N/c1-4-10-18(11-5-1)21-16-22(19-12-6-2-7-13-19)24-23(17-21)20-14-8-3-9-15-20/h18-24H,1-17H2/t22-,23-/m1/s1. The van der Waals surface area contributed by atoms with E-state index in [2.05, 4.69) is 5.32 Å². The van der Waals surface area contributed by atoms with Crippen molar-refractivity contribution < 1.29 is 0 Å². The first-order valence-corrected chi connectivity index (χ1v) is 11.7. The fraction of sp³-hybridized carbons (Fsp3) is 1.00. The van der Waals surface area contributed by atoms with Crippen molar-refractivity contribution in [3.63, 3.8) is 0 Å². The summed E-state index contributed by atoms with van der Waals surface area (Å²) in [6.07, 6.45) is 25.8. The van der Waals surface area contributed by atoms with Gasteiger partial charge in [-0.05, 0) is 62.2 Å². The van der Waals surface area contributed by atoms with E-state index >= 15 is 0 Å². The van der Waals surface area contributed by atoms with Crippen molar-refractivity contribution in [2.45, 2.75) is 121 Å². The van der Waals surface area contributed by atoms with Crippen molar-refractivity contribution in [3.8, 4) is 0 Å². The van der Waals surface area contributed by atoms with E-state index in [-0.39, 0.29) is 0 Å². The van der Waals surface area contributed by atoms with E-state index in [9.17, 15) is 0 Å². The molecule has 0 aromatic heterocycles. The van der Waals surface area contributed by atoms with Gasteiger partial charge in [-0.3, -0.25) is 0 Å². The number of rotatable bonds is 3. The highest BCUT2D eigenvalue weighted by Gasteiger charge is 2.39. The van der Waals surface area contributed by atoms with E-state index in [0.29, 0.717) is 0 Å². The van der Waals surface area contributed by atoms with Gasteiger partial charge < -0.3 is 5.32 Å². The molecule has 24 heavy (non-hydrogen) atoms. The zero-order valence-electron chi connectivity index (χ0n) is 16.0. The summed E-state index contributed by atoms with van der Waals surface area (Å²) in [5, 5.41) is 4.26. The quantitative estimate of drug-likeness (QED) is 0.625. The van der Waals surface area contributed by atoms with Gasteiger partial charge in [0, 0.05) is 12.1 Å². The van der Waals surface area contributed by atoms with Gasteiger partial charge in [0.15, 0.2) is 0 Å². The lowest BCUT2D eigenvalue weighted by Gasteiger charge is -2.47. The molecule has 138 valence electrons. The second-order valence-electron chi connectivity index (χ2n) is 9.81. The van der Waals surface area contributed by atoms with E-state index in [4.69, 9.17) is 0 Å². The third-order valence-corrected chi connectivity index (χ3v) is 8.30. The molecule has 0 bridgehead atoms. The Morgan fingerprint density at radius 2 is 0.750 bits per heavy atom. The molecule has 1 heteroatoms. The van der Waals surface area contributed by atoms with Crippen molar-refractivity contribution in [2.75, 3.05) is 0 Å². The molecule has 1 saturated heterocycles. The zero-order chi connectivity index (χ0) is 16.2. The summed E-state index contributed by atoms with van der Waals surface area (Å²) in [6.45, 7) is 0. The van der Waals surface area contributed by atoms with Crippen LogP contribution in [0.4, 0.5) is 0 Å². The van der Waals surface area contributed by atoms with Crippen LogP contribution in [-0.4, -0.2) is 12.1 Å². The average Bonchev–Trinajstić information content (AvgIpc) is 2.70. The number of hydrogen-bond acceptors (Lipinski definition) is 1. The molecule has 3 saturated carbocycles. The third-order valence-electron chi connectivity index (χ3n) is 8.30. The molecular formula is C23H41N. The molecule has 0 spiro atoms. The molecule has 4 rings (SSSR count). The topological polar surface area (TPSA) is 12.0 Å². The first-order valence-electron chi connectivity index (χ1n) is 11.7. The number of hydrogen-bond donors (Lipinski definition) is 1. The Hall–Kier alpha value is -0.0400. The molecule has 2 atom stereocenters. The lowest BCUT2D eigenvalue weighted by Crippen LogP contribution is -2.53. The highest BCUT2D eigenvalue weighted by molar-refractivity contribution is 4.95. The zero-order valence-corrected chi connectivity index (χ0v) is 16.0. The van der Waals surface area contributed by atoms with Crippen molar-refractivity contribution in [2.24, 2.45) is 23.7 Å².